The number of carbonyl (C=O) groups excluding carboxylic acids is 1. The minimum atomic E-state index is -0.453. The Morgan fingerprint density at radius 1 is 1.24 bits per heavy atom. The Labute approximate surface area is 134 Å². The topological polar surface area (TPSA) is 55.1 Å². The molecular formula is C16H18N2OS2. The number of rotatable bonds is 7. The third-order valence-electron chi connectivity index (χ3n) is 3.19. The maximum atomic E-state index is 12.2. The Hall–Kier alpha value is -1.72. The van der Waals surface area contributed by atoms with Crippen molar-refractivity contribution in [1.29, 1.82) is 0 Å². The molecule has 0 fully saturated rings. The van der Waals surface area contributed by atoms with E-state index in [4.69, 9.17) is 18.0 Å². The molecule has 0 radical (unpaired) electrons. The molecule has 0 saturated carbocycles. The molecular weight excluding hydrogens is 300 g/mol. The highest BCUT2D eigenvalue weighted by molar-refractivity contribution is 7.80. The summed E-state index contributed by atoms with van der Waals surface area (Å²) in [5.74, 6) is -0.548. The van der Waals surface area contributed by atoms with E-state index in [9.17, 15) is 4.79 Å². The largest absolute Gasteiger partial charge is 0.393 e. The van der Waals surface area contributed by atoms with Crippen molar-refractivity contribution in [3.05, 3.63) is 58.3 Å². The van der Waals surface area contributed by atoms with E-state index < -0.39 is 5.92 Å². The highest BCUT2D eigenvalue weighted by Crippen LogP contribution is 2.11. The van der Waals surface area contributed by atoms with E-state index in [-0.39, 0.29) is 10.9 Å². The fourth-order valence-corrected chi connectivity index (χ4v) is 2.96. The lowest BCUT2D eigenvalue weighted by Crippen LogP contribution is -2.39. The molecule has 110 valence electrons. The van der Waals surface area contributed by atoms with Gasteiger partial charge in [0.1, 0.15) is 0 Å². The van der Waals surface area contributed by atoms with Crippen molar-refractivity contribution in [3.63, 3.8) is 0 Å². The summed E-state index contributed by atoms with van der Waals surface area (Å²) in [5.41, 5.74) is 6.78. The van der Waals surface area contributed by atoms with E-state index >= 15 is 0 Å². The summed E-state index contributed by atoms with van der Waals surface area (Å²) >= 11 is 6.73. The second kappa shape index (κ2) is 7.90. The van der Waals surface area contributed by atoms with Gasteiger partial charge in [-0.3, -0.25) is 4.79 Å². The number of hydrogen-bond acceptors (Lipinski definition) is 3. The van der Waals surface area contributed by atoms with Crippen molar-refractivity contribution in [2.24, 2.45) is 11.7 Å². The molecule has 1 heterocycles. The van der Waals surface area contributed by atoms with Gasteiger partial charge in [-0.25, -0.2) is 0 Å². The van der Waals surface area contributed by atoms with Gasteiger partial charge in [-0.2, -0.15) is 0 Å². The van der Waals surface area contributed by atoms with Crippen LogP contribution in [0.25, 0.3) is 0 Å². The van der Waals surface area contributed by atoms with Crippen LogP contribution >= 0.6 is 23.6 Å². The van der Waals surface area contributed by atoms with Gasteiger partial charge in [0.15, 0.2) is 0 Å². The van der Waals surface area contributed by atoms with Gasteiger partial charge in [0.2, 0.25) is 5.91 Å². The van der Waals surface area contributed by atoms with Crippen LogP contribution in [0.4, 0.5) is 0 Å². The zero-order valence-electron chi connectivity index (χ0n) is 11.6. The Bertz CT molecular complexity index is 582. The number of nitrogens with two attached hydrogens (primary N) is 1. The third kappa shape index (κ3) is 4.95. The number of carbonyl (C=O) groups is 1. The Morgan fingerprint density at radius 3 is 2.62 bits per heavy atom. The molecule has 1 atom stereocenters. The van der Waals surface area contributed by atoms with Gasteiger partial charge < -0.3 is 11.1 Å². The zero-order chi connectivity index (χ0) is 15.1. The van der Waals surface area contributed by atoms with Gasteiger partial charge in [0.05, 0.1) is 10.9 Å². The van der Waals surface area contributed by atoms with Crippen LogP contribution in [0.5, 0.6) is 0 Å². The lowest BCUT2D eigenvalue weighted by Gasteiger charge is -2.15. The molecule has 0 spiro atoms. The van der Waals surface area contributed by atoms with Crippen LogP contribution in [0.2, 0.25) is 0 Å². The predicted octanol–water partition coefficient (Wildman–Crippen LogP) is 2.55. The number of amides is 1. The van der Waals surface area contributed by atoms with Crippen molar-refractivity contribution in [3.8, 4) is 0 Å². The average Bonchev–Trinajstić information content (AvgIpc) is 2.98. The molecule has 0 aliphatic rings. The predicted molar refractivity (Wildman–Crippen MR) is 91.5 cm³/mol. The number of hydrogen-bond donors (Lipinski definition) is 2. The van der Waals surface area contributed by atoms with E-state index in [1.165, 1.54) is 4.88 Å². The fourth-order valence-electron chi connectivity index (χ4n) is 2.06. The second-order valence-electron chi connectivity index (χ2n) is 4.77. The summed E-state index contributed by atoms with van der Waals surface area (Å²) in [4.78, 5) is 13.7. The summed E-state index contributed by atoms with van der Waals surface area (Å²) in [6.45, 7) is 0.604. The molecule has 0 saturated heterocycles. The van der Waals surface area contributed by atoms with Crippen LogP contribution in [0.3, 0.4) is 0 Å². The average molecular weight is 318 g/mol. The van der Waals surface area contributed by atoms with Crippen molar-refractivity contribution >= 4 is 34.5 Å². The summed E-state index contributed by atoms with van der Waals surface area (Å²) < 4.78 is 0. The van der Waals surface area contributed by atoms with Gasteiger partial charge in [0, 0.05) is 11.4 Å². The lowest BCUT2D eigenvalue weighted by molar-refractivity contribution is -0.122. The molecule has 3 N–H and O–H groups in total. The van der Waals surface area contributed by atoms with Gasteiger partial charge in [-0.05, 0) is 29.9 Å². The maximum absolute atomic E-state index is 12.2. The summed E-state index contributed by atoms with van der Waals surface area (Å²) in [6.07, 6.45) is 1.37. The van der Waals surface area contributed by atoms with E-state index in [2.05, 4.69) is 11.4 Å². The van der Waals surface area contributed by atoms with Crippen molar-refractivity contribution < 1.29 is 4.79 Å². The van der Waals surface area contributed by atoms with Crippen molar-refractivity contribution in [2.45, 2.75) is 12.8 Å². The van der Waals surface area contributed by atoms with E-state index in [0.29, 0.717) is 13.0 Å². The standard InChI is InChI=1S/C16H18N2OS2/c17-15(20)14(11-12-5-2-1-3-6-12)16(19)18-9-8-13-7-4-10-21-13/h1-7,10,14H,8-9,11H2,(H2,17,20)(H,18,19). The SMILES string of the molecule is NC(=S)C(Cc1ccccc1)C(=O)NCCc1cccs1. The number of thiophene rings is 1. The molecule has 1 unspecified atom stereocenters. The first-order valence-electron chi connectivity index (χ1n) is 6.80. The number of nitrogens with one attached hydrogen (secondary N) is 1. The minimum Gasteiger partial charge on any atom is -0.393 e. The molecule has 3 nitrogen and oxygen atoms in total. The minimum absolute atomic E-state index is 0.0945. The Morgan fingerprint density at radius 2 is 2.00 bits per heavy atom. The molecule has 21 heavy (non-hydrogen) atoms. The van der Waals surface area contributed by atoms with Crippen LogP contribution in [0, 0.1) is 5.92 Å². The molecule has 0 bridgehead atoms. The zero-order valence-corrected chi connectivity index (χ0v) is 13.3. The highest BCUT2D eigenvalue weighted by atomic mass is 32.1. The molecule has 0 aliphatic heterocycles. The molecule has 0 aliphatic carbocycles. The van der Waals surface area contributed by atoms with Crippen molar-refractivity contribution in [2.75, 3.05) is 6.54 Å². The van der Waals surface area contributed by atoms with E-state index in [0.717, 1.165) is 12.0 Å². The molecule has 2 rings (SSSR count). The molecule has 1 aromatic heterocycles. The summed E-state index contributed by atoms with van der Waals surface area (Å²) in [6, 6.07) is 13.9. The first kappa shape index (κ1) is 15.7. The quantitative estimate of drug-likeness (QED) is 0.772. The molecule has 5 heteroatoms. The summed E-state index contributed by atoms with van der Waals surface area (Å²) in [5, 5.41) is 4.95. The van der Waals surface area contributed by atoms with Crippen molar-refractivity contribution in [1.82, 2.24) is 5.32 Å². The van der Waals surface area contributed by atoms with Crippen LogP contribution < -0.4 is 11.1 Å². The van der Waals surface area contributed by atoms with Gasteiger partial charge in [-0.1, -0.05) is 48.6 Å². The third-order valence-corrected chi connectivity index (χ3v) is 4.41. The lowest BCUT2D eigenvalue weighted by atomic mass is 9.98. The van der Waals surface area contributed by atoms with Crippen LogP contribution in [0.1, 0.15) is 10.4 Å². The Kier molecular flexibility index (Phi) is 5.90. The van der Waals surface area contributed by atoms with Gasteiger partial charge in [-0.15, -0.1) is 11.3 Å². The van der Waals surface area contributed by atoms with E-state index in [1.807, 2.05) is 41.8 Å². The molecule has 2 aromatic rings. The molecule has 1 aromatic carbocycles. The highest BCUT2D eigenvalue weighted by Gasteiger charge is 2.21. The second-order valence-corrected chi connectivity index (χ2v) is 6.27. The van der Waals surface area contributed by atoms with Crippen LogP contribution in [0.15, 0.2) is 47.8 Å². The summed E-state index contributed by atoms with van der Waals surface area (Å²) in [7, 11) is 0. The Balaban J connectivity index is 1.88. The number of thiocarbonyl (C=S) groups is 1. The van der Waals surface area contributed by atoms with E-state index in [1.54, 1.807) is 11.3 Å². The normalized spacial score (nSPS) is 11.8. The van der Waals surface area contributed by atoms with Crippen LogP contribution in [-0.2, 0) is 17.6 Å². The number of benzene rings is 1. The van der Waals surface area contributed by atoms with Gasteiger partial charge >= 0.3 is 0 Å². The first-order chi connectivity index (χ1) is 10.2. The first-order valence-corrected chi connectivity index (χ1v) is 8.09. The maximum Gasteiger partial charge on any atom is 0.230 e. The monoisotopic (exact) mass is 318 g/mol. The fraction of sp³-hybridized carbons (Fsp3) is 0.250. The smallest absolute Gasteiger partial charge is 0.230 e. The van der Waals surface area contributed by atoms with Gasteiger partial charge in [0.25, 0.3) is 0 Å². The van der Waals surface area contributed by atoms with Crippen LogP contribution in [-0.4, -0.2) is 17.4 Å². The molecule has 1 amide bonds.